The highest BCUT2D eigenvalue weighted by Crippen LogP contribution is 2.34. The van der Waals surface area contributed by atoms with Gasteiger partial charge in [0.15, 0.2) is 5.65 Å². The molecule has 4 nitrogen and oxygen atoms in total. The lowest BCUT2D eigenvalue weighted by Gasteiger charge is -2.02. The minimum atomic E-state index is -0.0973. The maximum atomic E-state index is 13.0. The molecule has 0 saturated heterocycles. The van der Waals surface area contributed by atoms with Gasteiger partial charge in [-0.15, -0.1) is 11.3 Å². The van der Waals surface area contributed by atoms with Gasteiger partial charge in [0.1, 0.15) is 0 Å². The normalized spacial score (nSPS) is 11.2. The van der Waals surface area contributed by atoms with Crippen LogP contribution in [-0.4, -0.2) is 14.6 Å². The predicted octanol–water partition coefficient (Wildman–Crippen LogP) is 5.39. The summed E-state index contributed by atoms with van der Waals surface area (Å²) in [5.41, 5.74) is 6.43. The van der Waals surface area contributed by atoms with E-state index in [0.717, 1.165) is 21.6 Å². The van der Waals surface area contributed by atoms with Crippen molar-refractivity contribution in [3.63, 3.8) is 0 Å². The molecule has 0 unspecified atom stereocenters. The molecule has 3 aromatic heterocycles. The van der Waals surface area contributed by atoms with Crippen LogP contribution in [0.1, 0.15) is 5.56 Å². The van der Waals surface area contributed by atoms with Gasteiger partial charge in [0, 0.05) is 17.3 Å². The van der Waals surface area contributed by atoms with Crippen molar-refractivity contribution in [2.45, 2.75) is 6.92 Å². The predicted molar refractivity (Wildman–Crippen MR) is 115 cm³/mol. The summed E-state index contributed by atoms with van der Waals surface area (Å²) in [5, 5.41) is 5.21. The van der Waals surface area contributed by atoms with Crippen LogP contribution in [0.25, 0.3) is 38.3 Å². The van der Waals surface area contributed by atoms with Crippen LogP contribution in [-0.2, 0) is 0 Å². The largest absolute Gasteiger partial charge is 0.296 e. The second kappa shape index (κ2) is 6.62. The Bertz CT molecular complexity index is 1330. The lowest BCUT2D eigenvalue weighted by Crippen LogP contribution is -2.16. The van der Waals surface area contributed by atoms with Crippen molar-refractivity contribution in [2.75, 3.05) is 0 Å². The Morgan fingerprint density at radius 2 is 1.71 bits per heavy atom. The highest BCUT2D eigenvalue weighted by atomic mass is 32.1. The molecule has 0 radical (unpaired) electrons. The Kier molecular flexibility index (Phi) is 3.95. The average Bonchev–Trinajstić information content (AvgIpc) is 3.37. The van der Waals surface area contributed by atoms with Crippen molar-refractivity contribution in [1.29, 1.82) is 0 Å². The van der Waals surface area contributed by atoms with Gasteiger partial charge in [-0.05, 0) is 35.1 Å². The highest BCUT2D eigenvalue weighted by molar-refractivity contribution is 7.14. The fraction of sp³-hybridized carbons (Fsp3) is 0.0435. The third kappa shape index (κ3) is 2.77. The van der Waals surface area contributed by atoms with Gasteiger partial charge < -0.3 is 0 Å². The Morgan fingerprint density at radius 1 is 0.929 bits per heavy atom. The molecule has 5 aromatic rings. The Morgan fingerprint density at radius 3 is 2.50 bits per heavy atom. The third-order valence-corrected chi connectivity index (χ3v) is 5.84. The van der Waals surface area contributed by atoms with Gasteiger partial charge in [-0.3, -0.25) is 9.89 Å². The number of fused-ring (bicyclic) bond motifs is 1. The van der Waals surface area contributed by atoms with E-state index in [4.69, 9.17) is 0 Å². The SMILES string of the molecule is Cc1ccc(-c2cnc3c(-c4cc(-c5ccccc5)cs4)c[nH]n3c2=O)cc1. The van der Waals surface area contributed by atoms with Gasteiger partial charge in [0.25, 0.3) is 5.56 Å². The average molecular weight is 383 g/mol. The molecule has 1 N–H and O–H groups in total. The summed E-state index contributed by atoms with van der Waals surface area (Å²) in [6.07, 6.45) is 3.52. The van der Waals surface area contributed by atoms with E-state index in [-0.39, 0.29) is 5.56 Å². The quantitative estimate of drug-likeness (QED) is 0.454. The number of hydrogen-bond acceptors (Lipinski definition) is 3. The van der Waals surface area contributed by atoms with Gasteiger partial charge in [-0.2, -0.15) is 0 Å². The third-order valence-electron chi connectivity index (χ3n) is 4.87. The van der Waals surface area contributed by atoms with Crippen LogP contribution >= 0.6 is 11.3 Å². The molecule has 0 spiro atoms. The zero-order valence-electron chi connectivity index (χ0n) is 15.2. The smallest absolute Gasteiger partial charge is 0.280 e. The van der Waals surface area contributed by atoms with Crippen LogP contribution < -0.4 is 5.56 Å². The second-order valence-corrected chi connectivity index (χ2v) is 7.67. The maximum Gasteiger partial charge on any atom is 0.280 e. The van der Waals surface area contributed by atoms with Crippen LogP contribution in [0.5, 0.6) is 0 Å². The van der Waals surface area contributed by atoms with Crippen molar-refractivity contribution in [3.05, 3.63) is 94.4 Å². The Labute approximate surface area is 165 Å². The molecule has 3 heterocycles. The standard InChI is InChI=1S/C23H17N3OS/c1-15-7-9-17(10-8-15)19-12-24-22-20(13-25-26(22)23(19)27)21-11-18(14-28-21)16-5-3-2-4-6-16/h2-14,25H,1H3. The van der Waals surface area contributed by atoms with Gasteiger partial charge in [0.05, 0.1) is 11.1 Å². The fourth-order valence-corrected chi connectivity index (χ4v) is 4.26. The van der Waals surface area contributed by atoms with Crippen molar-refractivity contribution >= 4 is 17.0 Å². The molecule has 28 heavy (non-hydrogen) atoms. The number of aromatic nitrogens is 3. The molecule has 0 aliphatic heterocycles. The molecule has 0 atom stereocenters. The Balaban J connectivity index is 1.59. The number of benzene rings is 2. The summed E-state index contributed by atoms with van der Waals surface area (Å²) in [4.78, 5) is 18.7. The lowest BCUT2D eigenvalue weighted by atomic mass is 10.1. The molecular weight excluding hydrogens is 366 g/mol. The molecule has 0 bridgehead atoms. The number of hydrogen-bond donors (Lipinski definition) is 1. The van der Waals surface area contributed by atoms with Crippen molar-refractivity contribution in [3.8, 4) is 32.7 Å². The van der Waals surface area contributed by atoms with Crippen LogP contribution in [0.2, 0.25) is 0 Å². The molecule has 136 valence electrons. The molecule has 0 aliphatic carbocycles. The van der Waals surface area contributed by atoms with Crippen molar-refractivity contribution in [2.24, 2.45) is 0 Å². The van der Waals surface area contributed by atoms with E-state index < -0.39 is 0 Å². The first-order valence-corrected chi connectivity index (χ1v) is 9.89. The molecule has 2 aromatic carbocycles. The lowest BCUT2D eigenvalue weighted by molar-refractivity contribution is 0.902. The minimum absolute atomic E-state index is 0.0973. The maximum absolute atomic E-state index is 13.0. The first kappa shape index (κ1) is 16.7. The van der Waals surface area contributed by atoms with Gasteiger partial charge in [-0.25, -0.2) is 9.50 Å². The van der Waals surface area contributed by atoms with Gasteiger partial charge in [-0.1, -0.05) is 60.2 Å². The van der Waals surface area contributed by atoms with E-state index >= 15 is 0 Å². The van der Waals surface area contributed by atoms with E-state index in [1.807, 2.05) is 55.6 Å². The number of nitrogens with one attached hydrogen (secondary N) is 1. The first-order chi connectivity index (χ1) is 13.7. The number of aryl methyl sites for hydroxylation is 1. The zero-order valence-corrected chi connectivity index (χ0v) is 16.0. The summed E-state index contributed by atoms with van der Waals surface area (Å²) < 4.78 is 1.52. The van der Waals surface area contributed by atoms with E-state index in [1.165, 1.54) is 15.6 Å². The topological polar surface area (TPSA) is 50.2 Å². The first-order valence-electron chi connectivity index (χ1n) is 9.01. The van der Waals surface area contributed by atoms with E-state index in [0.29, 0.717) is 11.2 Å². The summed E-state index contributed by atoms with van der Waals surface area (Å²) in [6, 6.07) is 20.3. The number of thiophene rings is 1. The molecular formula is C23H17N3OS. The van der Waals surface area contributed by atoms with Crippen LogP contribution in [0.4, 0.5) is 0 Å². The molecule has 0 fully saturated rings. The number of aromatic amines is 1. The van der Waals surface area contributed by atoms with Crippen LogP contribution in [0.3, 0.4) is 0 Å². The molecule has 0 aliphatic rings. The number of H-pyrrole nitrogens is 1. The molecule has 5 rings (SSSR count). The van der Waals surface area contributed by atoms with Gasteiger partial charge in [0.2, 0.25) is 0 Å². The van der Waals surface area contributed by atoms with Gasteiger partial charge >= 0.3 is 0 Å². The fourth-order valence-electron chi connectivity index (χ4n) is 3.33. The van der Waals surface area contributed by atoms with Crippen molar-refractivity contribution in [1.82, 2.24) is 14.6 Å². The molecule has 0 amide bonds. The van der Waals surface area contributed by atoms with Crippen LogP contribution in [0, 0.1) is 6.92 Å². The number of nitrogens with zero attached hydrogens (tertiary/aromatic N) is 2. The summed E-state index contributed by atoms with van der Waals surface area (Å²) in [7, 11) is 0. The van der Waals surface area contributed by atoms with E-state index in [9.17, 15) is 4.79 Å². The highest BCUT2D eigenvalue weighted by Gasteiger charge is 2.14. The monoisotopic (exact) mass is 383 g/mol. The van der Waals surface area contributed by atoms with E-state index in [1.54, 1.807) is 17.5 Å². The second-order valence-electron chi connectivity index (χ2n) is 6.75. The Hall–Kier alpha value is -3.44. The summed E-state index contributed by atoms with van der Waals surface area (Å²) in [5.74, 6) is 0. The molecule has 5 heteroatoms. The van der Waals surface area contributed by atoms with E-state index in [2.05, 4.69) is 33.7 Å². The molecule has 0 saturated carbocycles. The summed E-state index contributed by atoms with van der Waals surface area (Å²) >= 11 is 1.65. The minimum Gasteiger partial charge on any atom is -0.296 e. The van der Waals surface area contributed by atoms with Crippen molar-refractivity contribution < 1.29 is 0 Å². The number of rotatable bonds is 3. The summed E-state index contributed by atoms with van der Waals surface area (Å²) in [6.45, 7) is 2.03. The zero-order chi connectivity index (χ0) is 19.1. The van der Waals surface area contributed by atoms with Crippen LogP contribution in [0.15, 0.2) is 83.2 Å².